The van der Waals surface area contributed by atoms with E-state index in [1.165, 1.54) is 19.8 Å². The van der Waals surface area contributed by atoms with Crippen LogP contribution in [0.5, 0.6) is 0 Å². The molecular formula is C13H20N5O7PS. The van der Waals surface area contributed by atoms with Gasteiger partial charge in [-0.05, 0) is 18.2 Å². The van der Waals surface area contributed by atoms with E-state index < -0.39 is 37.4 Å². The van der Waals surface area contributed by atoms with Gasteiger partial charge in [-0.1, -0.05) is 6.92 Å². The smallest absolute Gasteiger partial charge is 0.322 e. The van der Waals surface area contributed by atoms with E-state index in [1.54, 1.807) is 11.5 Å². The van der Waals surface area contributed by atoms with Crippen molar-refractivity contribution in [3.8, 4) is 0 Å². The maximum atomic E-state index is 9.75. The number of hydrogen-bond acceptors (Lipinski definition) is 10. The Labute approximate surface area is 159 Å². The van der Waals surface area contributed by atoms with Crippen molar-refractivity contribution in [1.29, 1.82) is 0 Å². The molecule has 1 aliphatic heterocycles. The highest BCUT2D eigenvalue weighted by Gasteiger charge is 2.59. The molecule has 2 aromatic rings. The second-order valence-corrected chi connectivity index (χ2v) is 8.45. The Balaban J connectivity index is 2.16. The Morgan fingerprint density at radius 1 is 1.41 bits per heavy atom. The van der Waals surface area contributed by atoms with Crippen molar-refractivity contribution in [2.75, 3.05) is 19.5 Å². The topological polar surface area (TPSA) is 167 Å². The van der Waals surface area contributed by atoms with Crippen LogP contribution in [0, 0.1) is 0 Å². The Bertz CT molecular complexity index is 863. The van der Waals surface area contributed by atoms with Crippen molar-refractivity contribution in [1.82, 2.24) is 19.5 Å². The van der Waals surface area contributed by atoms with Gasteiger partial charge in [0.25, 0.3) is 0 Å². The molecule has 12 nitrogen and oxygen atoms in total. The van der Waals surface area contributed by atoms with Gasteiger partial charge in [-0.25, -0.2) is 24.7 Å². The van der Waals surface area contributed by atoms with Crippen LogP contribution < -0.4 is 5.73 Å². The van der Waals surface area contributed by atoms with Crippen LogP contribution in [-0.2, 0) is 36.6 Å². The van der Waals surface area contributed by atoms with Crippen LogP contribution in [0.25, 0.3) is 11.2 Å². The zero-order valence-corrected chi connectivity index (χ0v) is 16.2. The van der Waals surface area contributed by atoms with Crippen LogP contribution in [0.1, 0.15) is 13.3 Å². The second kappa shape index (κ2) is 7.62. The number of hydrogen-bond donors (Lipinski definition) is 4. The second-order valence-electron chi connectivity index (χ2n) is 5.83. The lowest BCUT2D eigenvalue weighted by Crippen LogP contribution is -2.47. The van der Waals surface area contributed by atoms with E-state index in [1.807, 2.05) is 0 Å². The average Bonchev–Trinajstić information content (AvgIpc) is 3.16. The summed E-state index contributed by atoms with van der Waals surface area (Å²) in [6, 6.07) is 0. The molecule has 0 spiro atoms. The molecule has 0 aromatic carbocycles. The van der Waals surface area contributed by atoms with Crippen LogP contribution in [0.2, 0.25) is 0 Å². The molecule has 3 rings (SSSR count). The van der Waals surface area contributed by atoms with E-state index in [2.05, 4.69) is 26.8 Å². The highest BCUT2D eigenvalue weighted by atomic mass is 32.5. The molecule has 4 atom stereocenters. The largest absolute Gasteiger partial charge is 0.394 e. The molecule has 3 heterocycles. The number of nitrogens with zero attached hydrogens (tertiary/aromatic N) is 4. The number of aromatic nitrogens is 4. The molecule has 0 saturated carbocycles. The van der Waals surface area contributed by atoms with Crippen molar-refractivity contribution < 1.29 is 33.9 Å². The third-order valence-corrected chi connectivity index (χ3v) is 5.16. The minimum Gasteiger partial charge on any atom is -0.394 e. The Kier molecular flexibility index (Phi) is 5.77. The highest BCUT2D eigenvalue weighted by molar-refractivity contribution is 8.06. The minimum absolute atomic E-state index is 0.180. The molecule has 2 aromatic heterocycles. The number of fused-ring (bicyclic) bond motifs is 1. The van der Waals surface area contributed by atoms with E-state index in [4.69, 9.17) is 24.8 Å². The summed E-state index contributed by atoms with van der Waals surface area (Å²) >= 11 is 4.57. The predicted molar refractivity (Wildman–Crippen MR) is 95.4 cm³/mol. The van der Waals surface area contributed by atoms with Crippen molar-refractivity contribution in [2.24, 2.45) is 0 Å². The monoisotopic (exact) mass is 421 g/mol. The summed E-state index contributed by atoms with van der Waals surface area (Å²) < 4.78 is 12.8. The standard InChI is InChI=1S/C13H20N5O7PS/c1-3-13(18-6-17-8-11(14)15-5-16-12(8)18)10(24-22-2)9(7(4-19)23-13)25-26(20,21)27/h5-7,9-10,19H,3-4H2,1-2H3,(H2,14,15,16)(H2,20,21,27)/t7-,9-,10-,13-/m1/s1. The van der Waals surface area contributed by atoms with Crippen molar-refractivity contribution in [3.05, 3.63) is 12.7 Å². The molecule has 1 aliphatic rings. The summed E-state index contributed by atoms with van der Waals surface area (Å²) in [7, 11) is 1.28. The van der Waals surface area contributed by atoms with Gasteiger partial charge in [0, 0.05) is 0 Å². The molecule has 27 heavy (non-hydrogen) atoms. The van der Waals surface area contributed by atoms with Crippen LogP contribution in [-0.4, -0.2) is 66.4 Å². The van der Waals surface area contributed by atoms with Crippen molar-refractivity contribution >= 4 is 35.5 Å². The van der Waals surface area contributed by atoms with E-state index in [0.717, 1.165) is 0 Å². The van der Waals surface area contributed by atoms with Gasteiger partial charge in [0.15, 0.2) is 23.3 Å². The first-order valence-corrected chi connectivity index (χ1v) is 10.6. The summed E-state index contributed by atoms with van der Waals surface area (Å²) in [6.45, 7) is -2.78. The zero-order chi connectivity index (χ0) is 19.8. The molecule has 1 fully saturated rings. The van der Waals surface area contributed by atoms with Gasteiger partial charge in [0.2, 0.25) is 0 Å². The number of aliphatic hydroxyl groups is 1. The Morgan fingerprint density at radius 3 is 2.74 bits per heavy atom. The third kappa shape index (κ3) is 3.58. The number of aliphatic hydroxyl groups excluding tert-OH is 1. The van der Waals surface area contributed by atoms with E-state index in [-0.39, 0.29) is 5.82 Å². The molecule has 14 heteroatoms. The number of rotatable bonds is 7. The van der Waals surface area contributed by atoms with Gasteiger partial charge in [-0.2, -0.15) is 0 Å². The highest BCUT2D eigenvalue weighted by Crippen LogP contribution is 2.49. The fraction of sp³-hybridized carbons (Fsp3) is 0.615. The Hall–Kier alpha value is -1.28. The van der Waals surface area contributed by atoms with Crippen molar-refractivity contribution in [3.63, 3.8) is 0 Å². The van der Waals surface area contributed by atoms with Gasteiger partial charge in [-0.15, -0.1) is 0 Å². The lowest BCUT2D eigenvalue weighted by Gasteiger charge is -2.34. The molecule has 1 saturated heterocycles. The van der Waals surface area contributed by atoms with Gasteiger partial charge in [-0.3, -0.25) is 9.09 Å². The summed E-state index contributed by atoms with van der Waals surface area (Å²) in [4.78, 5) is 41.8. The van der Waals surface area contributed by atoms with Crippen molar-refractivity contribution in [2.45, 2.75) is 37.4 Å². The molecule has 0 unspecified atom stereocenters. The van der Waals surface area contributed by atoms with Gasteiger partial charge >= 0.3 is 6.72 Å². The zero-order valence-electron chi connectivity index (χ0n) is 14.5. The first kappa shape index (κ1) is 20.5. The number of imidazole rings is 1. The number of nitrogens with two attached hydrogens (primary N) is 1. The van der Waals surface area contributed by atoms with Crippen LogP contribution >= 0.6 is 6.72 Å². The molecule has 5 N–H and O–H groups in total. The number of nitrogen functional groups attached to an aromatic ring is 1. The lowest BCUT2D eigenvalue weighted by molar-refractivity contribution is -0.344. The third-order valence-electron chi connectivity index (χ3n) is 4.38. The van der Waals surface area contributed by atoms with Gasteiger partial charge in [0.1, 0.15) is 24.1 Å². The molecule has 0 amide bonds. The fourth-order valence-electron chi connectivity index (χ4n) is 3.28. The molecular weight excluding hydrogens is 401 g/mol. The number of anilines is 1. The summed E-state index contributed by atoms with van der Waals surface area (Å²) in [5.41, 5.74) is 5.25. The summed E-state index contributed by atoms with van der Waals surface area (Å²) in [5.74, 6) is 0.180. The molecule has 0 bridgehead atoms. The lowest BCUT2D eigenvalue weighted by atomic mass is 10.00. The van der Waals surface area contributed by atoms with Crippen LogP contribution in [0.15, 0.2) is 12.7 Å². The molecule has 0 aliphatic carbocycles. The predicted octanol–water partition coefficient (Wildman–Crippen LogP) is -0.597. The number of ether oxygens (including phenoxy) is 1. The molecule has 150 valence electrons. The first-order chi connectivity index (χ1) is 12.8. The Morgan fingerprint density at radius 2 is 2.15 bits per heavy atom. The quantitative estimate of drug-likeness (QED) is 0.255. The van der Waals surface area contributed by atoms with Gasteiger partial charge < -0.3 is 25.4 Å². The molecule has 0 radical (unpaired) electrons. The summed E-state index contributed by atoms with van der Waals surface area (Å²) in [5, 5.41) is 9.75. The minimum atomic E-state index is -4.09. The maximum Gasteiger partial charge on any atom is 0.322 e. The van der Waals surface area contributed by atoms with E-state index in [0.29, 0.717) is 17.6 Å². The summed E-state index contributed by atoms with van der Waals surface area (Å²) in [6.07, 6.45) is -0.141. The van der Waals surface area contributed by atoms with E-state index in [9.17, 15) is 14.9 Å². The first-order valence-electron chi connectivity index (χ1n) is 7.93. The maximum absolute atomic E-state index is 9.75. The fourth-order valence-corrected chi connectivity index (χ4v) is 4.14. The normalized spacial score (nSPS) is 28.9. The van der Waals surface area contributed by atoms with Gasteiger partial charge in [0.05, 0.1) is 20.0 Å². The van der Waals surface area contributed by atoms with Crippen LogP contribution in [0.4, 0.5) is 5.82 Å². The van der Waals surface area contributed by atoms with Crippen LogP contribution in [0.3, 0.4) is 0 Å². The van der Waals surface area contributed by atoms with E-state index >= 15 is 0 Å². The average molecular weight is 421 g/mol. The SMILES string of the molecule is CC[C@@]1(n2cnc3c(N)ncnc32)O[C@H](CO)[C@@H](OP(O)(O)=S)[C@H]1OOC.